The van der Waals surface area contributed by atoms with Crippen LogP contribution in [0.5, 0.6) is 0 Å². The van der Waals surface area contributed by atoms with Crippen molar-refractivity contribution >= 4 is 80.9 Å². The van der Waals surface area contributed by atoms with Crippen LogP contribution < -0.4 is 4.90 Å². The van der Waals surface area contributed by atoms with Crippen molar-refractivity contribution in [3.8, 4) is 33.4 Å². The largest absolute Gasteiger partial charge is 0.308 e. The van der Waals surface area contributed by atoms with Crippen LogP contribution in [0.4, 0.5) is 17.1 Å². The molecule has 11 aromatic rings. The summed E-state index contributed by atoms with van der Waals surface area (Å²) in [6.07, 6.45) is 0. The molecule has 0 amide bonds. The highest BCUT2D eigenvalue weighted by Crippen LogP contribution is 2.50. The maximum absolute atomic E-state index is 2.49. The second kappa shape index (κ2) is 13.4. The number of rotatable bonds is 6. The first-order valence-corrected chi connectivity index (χ1v) is 20.0. The minimum Gasteiger partial charge on any atom is -0.308 e. The number of para-hydroxylation sites is 1. The van der Waals surface area contributed by atoms with Gasteiger partial charge < -0.3 is 4.90 Å². The molecular formula is C54H35NS. The highest BCUT2D eigenvalue weighted by Gasteiger charge is 2.23. The zero-order chi connectivity index (χ0) is 37.0. The molecule has 0 aliphatic rings. The van der Waals surface area contributed by atoms with E-state index in [-0.39, 0.29) is 0 Å². The van der Waals surface area contributed by atoms with Gasteiger partial charge in [0.1, 0.15) is 0 Å². The molecule has 1 heterocycles. The minimum atomic E-state index is 1.11. The fraction of sp³-hybridized carbons (Fsp3) is 0. The van der Waals surface area contributed by atoms with Crippen molar-refractivity contribution < 1.29 is 0 Å². The summed E-state index contributed by atoms with van der Waals surface area (Å²) in [5, 5.41) is 10.2. The molecule has 56 heavy (non-hydrogen) atoms. The summed E-state index contributed by atoms with van der Waals surface area (Å²) in [6, 6.07) is 77.7. The van der Waals surface area contributed by atoms with Gasteiger partial charge >= 0.3 is 0 Å². The second-order valence-corrected chi connectivity index (χ2v) is 15.4. The van der Waals surface area contributed by atoms with Crippen LogP contribution in [0.2, 0.25) is 0 Å². The molecule has 0 N–H and O–H groups in total. The van der Waals surface area contributed by atoms with E-state index >= 15 is 0 Å². The Balaban J connectivity index is 1.17. The van der Waals surface area contributed by atoms with E-state index in [0.29, 0.717) is 0 Å². The highest BCUT2D eigenvalue weighted by molar-refractivity contribution is 7.27. The van der Waals surface area contributed by atoms with E-state index in [1.807, 2.05) is 11.3 Å². The van der Waals surface area contributed by atoms with E-state index in [4.69, 9.17) is 0 Å². The van der Waals surface area contributed by atoms with E-state index in [0.717, 1.165) is 11.4 Å². The lowest BCUT2D eigenvalue weighted by Gasteiger charge is -2.29. The van der Waals surface area contributed by atoms with Crippen LogP contribution in [-0.2, 0) is 0 Å². The first-order chi connectivity index (χ1) is 27.8. The minimum absolute atomic E-state index is 1.11. The topological polar surface area (TPSA) is 3.24 Å². The van der Waals surface area contributed by atoms with Gasteiger partial charge in [-0.3, -0.25) is 0 Å². The maximum atomic E-state index is 2.49. The predicted octanol–water partition coefficient (Wildman–Crippen LogP) is 16.0. The second-order valence-electron chi connectivity index (χ2n) is 14.4. The Hall–Kier alpha value is -7.00. The molecule has 0 aliphatic heterocycles. The van der Waals surface area contributed by atoms with E-state index < -0.39 is 0 Å². The Morgan fingerprint density at radius 2 is 0.839 bits per heavy atom. The lowest BCUT2D eigenvalue weighted by atomic mass is 9.88. The van der Waals surface area contributed by atoms with Crippen molar-refractivity contribution in [3.63, 3.8) is 0 Å². The molecule has 0 saturated heterocycles. The summed E-state index contributed by atoms with van der Waals surface area (Å²) in [5.41, 5.74) is 10.6. The molecule has 0 saturated carbocycles. The summed E-state index contributed by atoms with van der Waals surface area (Å²) in [6.45, 7) is 0. The summed E-state index contributed by atoms with van der Waals surface area (Å²) in [5.74, 6) is 0. The van der Waals surface area contributed by atoms with E-state index in [9.17, 15) is 0 Å². The van der Waals surface area contributed by atoms with Gasteiger partial charge in [0.2, 0.25) is 0 Å². The van der Waals surface area contributed by atoms with Gasteiger partial charge in [0, 0.05) is 26.7 Å². The van der Waals surface area contributed by atoms with Crippen LogP contribution in [0.1, 0.15) is 0 Å². The van der Waals surface area contributed by atoms with Gasteiger partial charge in [-0.2, -0.15) is 0 Å². The molecule has 1 aromatic heterocycles. The Labute approximate surface area is 330 Å². The van der Waals surface area contributed by atoms with Crippen LogP contribution in [0.25, 0.3) is 85.9 Å². The summed E-state index contributed by atoms with van der Waals surface area (Å²) in [4.78, 5) is 2.49. The van der Waals surface area contributed by atoms with Gasteiger partial charge in [0.25, 0.3) is 0 Å². The summed E-state index contributed by atoms with van der Waals surface area (Å²) in [7, 11) is 0. The van der Waals surface area contributed by atoms with Crippen LogP contribution in [0.3, 0.4) is 0 Å². The SMILES string of the molecule is c1ccc(-c2ccc(N(c3ccccc3-c3ccccc3-c3cc4ccccc4c4ccccc34)c3cccc4c3sc3c5ccccc5ccc43)cc2)cc1. The molecule has 0 fully saturated rings. The molecule has 0 spiro atoms. The van der Waals surface area contributed by atoms with E-state index in [2.05, 4.69) is 217 Å². The normalized spacial score (nSPS) is 11.6. The molecular weight excluding hydrogens is 695 g/mol. The van der Waals surface area contributed by atoms with Crippen LogP contribution >= 0.6 is 11.3 Å². The number of benzene rings is 10. The summed E-state index contributed by atoms with van der Waals surface area (Å²) >= 11 is 1.90. The third-order valence-electron chi connectivity index (χ3n) is 11.3. The van der Waals surface area contributed by atoms with Crippen molar-refractivity contribution in [2.24, 2.45) is 0 Å². The Kier molecular flexibility index (Phi) is 7.75. The number of hydrogen-bond donors (Lipinski definition) is 0. The Morgan fingerprint density at radius 3 is 1.64 bits per heavy atom. The molecule has 1 nitrogen and oxygen atoms in total. The van der Waals surface area contributed by atoms with Crippen LogP contribution in [0, 0.1) is 0 Å². The third kappa shape index (κ3) is 5.30. The number of hydrogen-bond acceptors (Lipinski definition) is 2. The fourth-order valence-corrected chi connectivity index (χ4v) is 9.99. The van der Waals surface area contributed by atoms with Crippen molar-refractivity contribution in [2.45, 2.75) is 0 Å². The highest BCUT2D eigenvalue weighted by atomic mass is 32.1. The smallest absolute Gasteiger partial charge is 0.0640 e. The molecule has 2 heteroatoms. The molecule has 262 valence electrons. The molecule has 0 aliphatic carbocycles. The van der Waals surface area contributed by atoms with Crippen molar-refractivity contribution in [1.29, 1.82) is 0 Å². The van der Waals surface area contributed by atoms with Gasteiger partial charge in [0.05, 0.1) is 16.1 Å². The van der Waals surface area contributed by atoms with Gasteiger partial charge in [-0.15, -0.1) is 11.3 Å². The third-order valence-corrected chi connectivity index (χ3v) is 12.5. The lowest BCUT2D eigenvalue weighted by molar-refractivity contribution is 1.30. The first kappa shape index (κ1) is 32.4. The predicted molar refractivity (Wildman–Crippen MR) is 243 cm³/mol. The van der Waals surface area contributed by atoms with Crippen molar-refractivity contribution in [2.75, 3.05) is 4.90 Å². The number of nitrogens with zero attached hydrogens (tertiary/aromatic N) is 1. The monoisotopic (exact) mass is 729 g/mol. The molecule has 11 rings (SSSR count). The van der Waals surface area contributed by atoms with Crippen LogP contribution in [-0.4, -0.2) is 0 Å². The Bertz CT molecular complexity index is 3250. The molecule has 0 radical (unpaired) electrons. The maximum Gasteiger partial charge on any atom is 0.0640 e. The van der Waals surface area contributed by atoms with Crippen LogP contribution in [0.15, 0.2) is 212 Å². The Morgan fingerprint density at radius 1 is 0.286 bits per heavy atom. The van der Waals surface area contributed by atoms with Gasteiger partial charge in [0.15, 0.2) is 0 Å². The number of anilines is 3. The standard InChI is InChI=1S/C54H35NS/c1-2-15-36(16-3-1)37-29-32-40(33-30-37)55(52-28-14-26-48-49-34-31-38-17-4-7-20-42(38)53(49)56-54(48)52)51-27-13-12-25-47(51)44-22-9-11-24-46(44)50-35-39-18-5-6-19-41(39)43-21-8-10-23-45(43)50/h1-35H. The quantitative estimate of drug-likeness (QED) is 0.154. The van der Waals surface area contributed by atoms with Gasteiger partial charge in [-0.1, -0.05) is 182 Å². The van der Waals surface area contributed by atoms with E-state index in [1.54, 1.807) is 0 Å². The van der Waals surface area contributed by atoms with Crippen molar-refractivity contribution in [3.05, 3.63) is 212 Å². The first-order valence-electron chi connectivity index (χ1n) is 19.2. The lowest BCUT2D eigenvalue weighted by Crippen LogP contribution is -2.11. The van der Waals surface area contributed by atoms with E-state index in [1.165, 1.54) is 91.6 Å². The zero-order valence-corrected chi connectivity index (χ0v) is 31.4. The molecule has 0 unspecified atom stereocenters. The number of thiophene rings is 1. The number of fused-ring (bicyclic) bond motifs is 8. The summed E-state index contributed by atoms with van der Waals surface area (Å²) < 4.78 is 2.60. The fourth-order valence-electron chi connectivity index (χ4n) is 8.66. The van der Waals surface area contributed by atoms with Gasteiger partial charge in [-0.25, -0.2) is 0 Å². The van der Waals surface area contributed by atoms with Gasteiger partial charge in [-0.05, 0) is 90.5 Å². The molecule has 10 aromatic carbocycles. The molecule has 0 bridgehead atoms. The average molecular weight is 730 g/mol. The molecule has 0 atom stereocenters. The zero-order valence-electron chi connectivity index (χ0n) is 30.6. The average Bonchev–Trinajstić information content (AvgIpc) is 3.67. The van der Waals surface area contributed by atoms with Crippen molar-refractivity contribution in [1.82, 2.24) is 0 Å².